The van der Waals surface area contributed by atoms with E-state index < -0.39 is 4.92 Å². The number of nitro groups is 1. The van der Waals surface area contributed by atoms with E-state index in [1.54, 1.807) is 24.0 Å². The molecule has 0 aromatic heterocycles. The zero-order valence-electron chi connectivity index (χ0n) is 16.3. The highest BCUT2D eigenvalue weighted by atomic mass is 127. The summed E-state index contributed by atoms with van der Waals surface area (Å²) in [7, 11) is 0. The number of carbonyl (C=O) groups excluding carboxylic acids is 1. The standard InChI is InChI=1S/C18H27N5O4.HI/c1-3-9-19-17(20-14-15-5-7-16(8-6-15)23(25)26)21-10-12-22(13-11-21)18(24)27-4-2;/h5-8H,3-4,9-14H2,1-2H3,(H,19,20);1H. The molecule has 1 aromatic carbocycles. The van der Waals surface area contributed by atoms with E-state index in [0.29, 0.717) is 39.3 Å². The van der Waals surface area contributed by atoms with Crippen molar-refractivity contribution in [3.05, 3.63) is 39.9 Å². The highest BCUT2D eigenvalue weighted by Gasteiger charge is 2.23. The first-order valence-corrected chi connectivity index (χ1v) is 9.23. The summed E-state index contributed by atoms with van der Waals surface area (Å²) in [6, 6.07) is 6.42. The van der Waals surface area contributed by atoms with E-state index in [9.17, 15) is 14.9 Å². The number of piperazine rings is 1. The van der Waals surface area contributed by atoms with Gasteiger partial charge in [0.1, 0.15) is 0 Å². The van der Waals surface area contributed by atoms with Crippen molar-refractivity contribution in [3.63, 3.8) is 0 Å². The highest BCUT2D eigenvalue weighted by molar-refractivity contribution is 14.0. The molecule has 2 rings (SSSR count). The van der Waals surface area contributed by atoms with Crippen LogP contribution in [0.4, 0.5) is 10.5 Å². The molecule has 1 N–H and O–H groups in total. The van der Waals surface area contributed by atoms with Gasteiger partial charge < -0.3 is 19.9 Å². The number of nitrogens with zero attached hydrogens (tertiary/aromatic N) is 4. The number of amides is 1. The third kappa shape index (κ3) is 7.13. The quantitative estimate of drug-likeness (QED) is 0.210. The SMILES string of the molecule is CCCNC(=NCc1ccc([N+](=O)[O-])cc1)N1CCN(C(=O)OCC)CC1.I. The lowest BCUT2D eigenvalue weighted by atomic mass is 10.2. The van der Waals surface area contributed by atoms with Crippen molar-refractivity contribution in [2.75, 3.05) is 39.3 Å². The number of nitro benzene ring substituents is 1. The summed E-state index contributed by atoms with van der Waals surface area (Å²) in [5, 5.41) is 14.1. The van der Waals surface area contributed by atoms with Crippen LogP contribution in [0.3, 0.4) is 0 Å². The maximum atomic E-state index is 11.8. The predicted molar refractivity (Wildman–Crippen MR) is 118 cm³/mol. The monoisotopic (exact) mass is 505 g/mol. The molecule has 1 aliphatic heterocycles. The minimum absolute atomic E-state index is 0. The molecule has 0 bridgehead atoms. The van der Waals surface area contributed by atoms with E-state index in [0.717, 1.165) is 24.5 Å². The summed E-state index contributed by atoms with van der Waals surface area (Å²) in [6.45, 7) is 8.01. The predicted octanol–water partition coefficient (Wildman–Crippen LogP) is 2.84. The molecular formula is C18H28IN5O4. The smallest absolute Gasteiger partial charge is 0.409 e. The van der Waals surface area contributed by atoms with E-state index in [4.69, 9.17) is 4.74 Å². The number of hydrogen-bond acceptors (Lipinski definition) is 5. The molecule has 0 unspecified atom stereocenters. The summed E-state index contributed by atoms with van der Waals surface area (Å²) in [4.78, 5) is 30.6. The average molecular weight is 505 g/mol. The number of carbonyl (C=O) groups is 1. The van der Waals surface area contributed by atoms with Crippen molar-refractivity contribution in [1.29, 1.82) is 0 Å². The lowest BCUT2D eigenvalue weighted by Crippen LogP contribution is -2.54. The van der Waals surface area contributed by atoms with Crippen molar-refractivity contribution >= 4 is 41.7 Å². The second-order valence-corrected chi connectivity index (χ2v) is 6.16. The number of halogens is 1. The number of hydrogen-bond donors (Lipinski definition) is 1. The van der Waals surface area contributed by atoms with Gasteiger partial charge in [0, 0.05) is 44.9 Å². The van der Waals surface area contributed by atoms with Crippen LogP contribution < -0.4 is 5.32 Å². The Bertz CT molecular complexity index is 660. The molecule has 1 amide bonds. The number of rotatable bonds is 6. The van der Waals surface area contributed by atoms with E-state index in [1.807, 2.05) is 0 Å². The molecule has 156 valence electrons. The minimum Gasteiger partial charge on any atom is -0.450 e. The highest BCUT2D eigenvalue weighted by Crippen LogP contribution is 2.13. The Kier molecular flexibility index (Phi) is 10.6. The van der Waals surface area contributed by atoms with E-state index in [2.05, 4.69) is 22.1 Å². The molecule has 9 nitrogen and oxygen atoms in total. The van der Waals surface area contributed by atoms with Crippen LogP contribution >= 0.6 is 24.0 Å². The fourth-order valence-electron chi connectivity index (χ4n) is 2.71. The molecule has 1 aromatic rings. The van der Waals surface area contributed by atoms with Crippen LogP contribution in [0.25, 0.3) is 0 Å². The van der Waals surface area contributed by atoms with Gasteiger partial charge in [0.2, 0.25) is 0 Å². The Morgan fingerprint density at radius 2 is 1.79 bits per heavy atom. The lowest BCUT2D eigenvalue weighted by molar-refractivity contribution is -0.384. The second-order valence-electron chi connectivity index (χ2n) is 6.16. The van der Waals surface area contributed by atoms with Gasteiger partial charge in [-0.25, -0.2) is 9.79 Å². The molecule has 28 heavy (non-hydrogen) atoms. The lowest BCUT2D eigenvalue weighted by Gasteiger charge is -2.36. The fourth-order valence-corrected chi connectivity index (χ4v) is 2.71. The Balaban J connectivity index is 0.00000392. The topological polar surface area (TPSA) is 100 Å². The molecule has 1 saturated heterocycles. The summed E-state index contributed by atoms with van der Waals surface area (Å²) in [6.07, 6.45) is 0.697. The molecule has 0 saturated carbocycles. The zero-order chi connectivity index (χ0) is 19.6. The number of non-ortho nitro benzene ring substituents is 1. The average Bonchev–Trinajstić information content (AvgIpc) is 2.69. The van der Waals surface area contributed by atoms with E-state index in [-0.39, 0.29) is 35.8 Å². The molecule has 0 radical (unpaired) electrons. The van der Waals surface area contributed by atoms with Crippen LogP contribution in [0.2, 0.25) is 0 Å². The van der Waals surface area contributed by atoms with Gasteiger partial charge in [0.15, 0.2) is 5.96 Å². The van der Waals surface area contributed by atoms with Crippen molar-refractivity contribution in [2.24, 2.45) is 4.99 Å². The van der Waals surface area contributed by atoms with Crippen LogP contribution in [-0.2, 0) is 11.3 Å². The van der Waals surface area contributed by atoms with Crippen molar-refractivity contribution < 1.29 is 14.5 Å². The molecule has 1 fully saturated rings. The maximum absolute atomic E-state index is 11.8. The molecule has 1 aliphatic rings. The number of aliphatic imine (C=N–C) groups is 1. The molecule has 10 heteroatoms. The fraction of sp³-hybridized carbons (Fsp3) is 0.556. The number of nitrogens with one attached hydrogen (secondary N) is 1. The Labute approximate surface area is 182 Å². The molecule has 0 spiro atoms. The summed E-state index contributed by atoms with van der Waals surface area (Å²) < 4.78 is 5.05. The molecule has 0 aliphatic carbocycles. The van der Waals surface area contributed by atoms with Gasteiger partial charge in [-0.2, -0.15) is 0 Å². The van der Waals surface area contributed by atoms with E-state index >= 15 is 0 Å². The van der Waals surface area contributed by atoms with Crippen LogP contribution in [0, 0.1) is 10.1 Å². The Hall–Kier alpha value is -2.11. The minimum atomic E-state index is -0.412. The third-order valence-corrected chi connectivity index (χ3v) is 4.20. The Morgan fingerprint density at radius 1 is 1.18 bits per heavy atom. The molecule has 1 heterocycles. The third-order valence-electron chi connectivity index (χ3n) is 4.20. The van der Waals surface area contributed by atoms with Gasteiger partial charge in [-0.1, -0.05) is 19.1 Å². The van der Waals surface area contributed by atoms with E-state index in [1.165, 1.54) is 12.1 Å². The summed E-state index contributed by atoms with van der Waals surface area (Å²) >= 11 is 0. The summed E-state index contributed by atoms with van der Waals surface area (Å²) in [5.41, 5.74) is 0.976. The van der Waals surface area contributed by atoms with Gasteiger partial charge in [0.25, 0.3) is 5.69 Å². The van der Waals surface area contributed by atoms with Crippen LogP contribution in [0.1, 0.15) is 25.8 Å². The molecule has 0 atom stereocenters. The largest absolute Gasteiger partial charge is 0.450 e. The van der Waals surface area contributed by atoms with Gasteiger partial charge in [-0.3, -0.25) is 10.1 Å². The first-order chi connectivity index (χ1) is 13.0. The van der Waals surface area contributed by atoms with Crippen molar-refractivity contribution in [3.8, 4) is 0 Å². The van der Waals surface area contributed by atoms with Gasteiger partial charge in [-0.15, -0.1) is 24.0 Å². The first-order valence-electron chi connectivity index (χ1n) is 9.23. The number of ether oxygens (including phenoxy) is 1. The maximum Gasteiger partial charge on any atom is 0.409 e. The Morgan fingerprint density at radius 3 is 2.32 bits per heavy atom. The van der Waals surface area contributed by atoms with Gasteiger partial charge >= 0.3 is 6.09 Å². The van der Waals surface area contributed by atoms with Crippen molar-refractivity contribution in [1.82, 2.24) is 15.1 Å². The number of benzene rings is 1. The first kappa shape index (κ1) is 23.9. The van der Waals surface area contributed by atoms with Gasteiger partial charge in [-0.05, 0) is 18.9 Å². The number of guanidine groups is 1. The molecular weight excluding hydrogens is 477 g/mol. The van der Waals surface area contributed by atoms with Crippen LogP contribution in [-0.4, -0.2) is 66.1 Å². The van der Waals surface area contributed by atoms with Crippen LogP contribution in [0.5, 0.6) is 0 Å². The summed E-state index contributed by atoms with van der Waals surface area (Å²) in [5.74, 6) is 0.790. The van der Waals surface area contributed by atoms with Crippen molar-refractivity contribution in [2.45, 2.75) is 26.8 Å². The normalized spacial score (nSPS) is 14.3. The second kappa shape index (κ2) is 12.4. The zero-order valence-corrected chi connectivity index (χ0v) is 18.6. The van der Waals surface area contributed by atoms with Gasteiger partial charge in [0.05, 0.1) is 18.1 Å². The van der Waals surface area contributed by atoms with Crippen LogP contribution in [0.15, 0.2) is 29.3 Å².